The zero-order valence-electron chi connectivity index (χ0n) is 10.0. The van der Waals surface area contributed by atoms with Crippen LogP contribution in [0.1, 0.15) is 17.3 Å². The second kappa shape index (κ2) is 4.91. The van der Waals surface area contributed by atoms with Crippen molar-refractivity contribution in [3.05, 3.63) is 41.5 Å². The SMILES string of the molecule is COC(=O)c1ccc(OC2C=C(C)C(=O)O2)cc1. The smallest absolute Gasteiger partial charge is 0.337 e. The standard InChI is InChI=1S/C13H12O5/c1-8-7-11(18-12(8)14)17-10-5-3-9(4-6-10)13(15)16-2/h3-7,11H,1-2H3. The van der Waals surface area contributed by atoms with Gasteiger partial charge in [-0.3, -0.25) is 0 Å². The quantitative estimate of drug-likeness (QED) is 0.761. The molecule has 0 aromatic heterocycles. The monoisotopic (exact) mass is 248 g/mol. The number of hydrogen-bond donors (Lipinski definition) is 0. The van der Waals surface area contributed by atoms with Crippen molar-refractivity contribution in [2.24, 2.45) is 0 Å². The van der Waals surface area contributed by atoms with Gasteiger partial charge in [0.05, 0.1) is 12.7 Å². The molecule has 0 saturated heterocycles. The van der Waals surface area contributed by atoms with Gasteiger partial charge in [0.15, 0.2) is 0 Å². The molecular formula is C13H12O5. The number of methoxy groups -OCH3 is 1. The average Bonchev–Trinajstić information content (AvgIpc) is 2.68. The predicted octanol–water partition coefficient (Wildman–Crippen LogP) is 1.68. The van der Waals surface area contributed by atoms with Gasteiger partial charge in [0, 0.05) is 11.6 Å². The van der Waals surface area contributed by atoms with Gasteiger partial charge in [-0.2, -0.15) is 0 Å². The Morgan fingerprint density at radius 1 is 1.28 bits per heavy atom. The van der Waals surface area contributed by atoms with E-state index >= 15 is 0 Å². The largest absolute Gasteiger partial charge is 0.465 e. The van der Waals surface area contributed by atoms with Crippen LogP contribution in [0, 0.1) is 0 Å². The molecule has 1 unspecified atom stereocenters. The van der Waals surface area contributed by atoms with E-state index in [1.807, 2.05) is 0 Å². The van der Waals surface area contributed by atoms with Crippen molar-refractivity contribution >= 4 is 11.9 Å². The van der Waals surface area contributed by atoms with E-state index in [0.717, 1.165) is 0 Å². The second-order valence-corrected chi connectivity index (χ2v) is 3.76. The highest BCUT2D eigenvalue weighted by Gasteiger charge is 2.23. The van der Waals surface area contributed by atoms with Gasteiger partial charge in [-0.25, -0.2) is 9.59 Å². The first-order valence-electron chi connectivity index (χ1n) is 5.34. The number of cyclic esters (lactones) is 1. The summed E-state index contributed by atoms with van der Waals surface area (Å²) in [6.45, 7) is 1.66. The van der Waals surface area contributed by atoms with Gasteiger partial charge in [-0.1, -0.05) is 0 Å². The molecule has 1 atom stereocenters. The van der Waals surface area contributed by atoms with Crippen LogP contribution in [0.3, 0.4) is 0 Å². The van der Waals surface area contributed by atoms with E-state index in [0.29, 0.717) is 16.9 Å². The van der Waals surface area contributed by atoms with Gasteiger partial charge >= 0.3 is 11.9 Å². The maximum Gasteiger partial charge on any atom is 0.337 e. The summed E-state index contributed by atoms with van der Waals surface area (Å²) in [7, 11) is 1.32. The third-order valence-electron chi connectivity index (χ3n) is 2.46. The summed E-state index contributed by atoms with van der Waals surface area (Å²) in [5.41, 5.74) is 0.950. The maximum absolute atomic E-state index is 11.2. The number of rotatable bonds is 3. The summed E-state index contributed by atoms with van der Waals surface area (Å²) in [5, 5.41) is 0. The Kier molecular flexibility index (Phi) is 3.32. The lowest BCUT2D eigenvalue weighted by Crippen LogP contribution is -2.15. The molecule has 1 heterocycles. The molecule has 0 saturated carbocycles. The van der Waals surface area contributed by atoms with E-state index in [1.165, 1.54) is 7.11 Å². The summed E-state index contributed by atoms with van der Waals surface area (Å²) in [6, 6.07) is 6.38. The summed E-state index contributed by atoms with van der Waals surface area (Å²) >= 11 is 0. The molecule has 5 heteroatoms. The van der Waals surface area contributed by atoms with Crippen molar-refractivity contribution in [3.8, 4) is 5.75 Å². The minimum absolute atomic E-state index is 0.383. The third-order valence-corrected chi connectivity index (χ3v) is 2.46. The van der Waals surface area contributed by atoms with E-state index in [1.54, 1.807) is 37.3 Å². The van der Waals surface area contributed by atoms with Crippen LogP contribution in [0.2, 0.25) is 0 Å². The van der Waals surface area contributed by atoms with Crippen LogP contribution in [0.4, 0.5) is 0 Å². The first kappa shape index (κ1) is 12.2. The summed E-state index contributed by atoms with van der Waals surface area (Å²) < 4.78 is 14.9. The Hall–Kier alpha value is -2.30. The summed E-state index contributed by atoms with van der Waals surface area (Å²) in [4.78, 5) is 22.3. The van der Waals surface area contributed by atoms with Crippen molar-refractivity contribution in [2.45, 2.75) is 13.2 Å². The molecular weight excluding hydrogens is 236 g/mol. The van der Waals surface area contributed by atoms with Gasteiger partial charge in [-0.05, 0) is 31.2 Å². The molecule has 1 aliphatic rings. The Morgan fingerprint density at radius 2 is 1.94 bits per heavy atom. The molecule has 2 rings (SSSR count). The maximum atomic E-state index is 11.2. The first-order valence-corrected chi connectivity index (χ1v) is 5.34. The normalized spacial score (nSPS) is 18.0. The topological polar surface area (TPSA) is 61.8 Å². The van der Waals surface area contributed by atoms with Gasteiger partial charge < -0.3 is 14.2 Å². The van der Waals surface area contributed by atoms with Crippen molar-refractivity contribution in [3.63, 3.8) is 0 Å². The Labute approximate surface area is 104 Å². The Bertz CT molecular complexity index is 501. The van der Waals surface area contributed by atoms with Crippen LogP contribution < -0.4 is 4.74 Å². The average molecular weight is 248 g/mol. The Morgan fingerprint density at radius 3 is 2.44 bits per heavy atom. The first-order chi connectivity index (χ1) is 8.60. The summed E-state index contributed by atoms with van der Waals surface area (Å²) in [6.07, 6.45) is 0.887. The molecule has 0 aliphatic carbocycles. The minimum Gasteiger partial charge on any atom is -0.465 e. The van der Waals surface area contributed by atoms with Crippen molar-refractivity contribution in [2.75, 3.05) is 7.11 Å². The predicted molar refractivity (Wildman–Crippen MR) is 62.0 cm³/mol. The highest BCUT2D eigenvalue weighted by atomic mass is 16.7. The molecule has 0 N–H and O–H groups in total. The zero-order chi connectivity index (χ0) is 13.1. The lowest BCUT2D eigenvalue weighted by Gasteiger charge is -2.11. The van der Waals surface area contributed by atoms with E-state index < -0.39 is 12.3 Å². The van der Waals surface area contributed by atoms with Crippen LogP contribution >= 0.6 is 0 Å². The molecule has 18 heavy (non-hydrogen) atoms. The molecule has 0 spiro atoms. The molecule has 1 aromatic carbocycles. The van der Waals surface area contributed by atoms with Crippen LogP contribution in [-0.2, 0) is 14.3 Å². The number of hydrogen-bond acceptors (Lipinski definition) is 5. The van der Waals surface area contributed by atoms with Crippen molar-refractivity contribution in [1.82, 2.24) is 0 Å². The lowest BCUT2D eigenvalue weighted by molar-refractivity contribution is -0.148. The van der Waals surface area contributed by atoms with Crippen LogP contribution in [-0.4, -0.2) is 25.3 Å². The number of carbonyl (C=O) groups excluding carboxylic acids is 2. The summed E-state index contributed by atoms with van der Waals surface area (Å²) in [5.74, 6) is -0.290. The van der Waals surface area contributed by atoms with Gasteiger partial charge in [0.2, 0.25) is 0 Å². The number of ether oxygens (including phenoxy) is 3. The molecule has 0 bridgehead atoms. The molecule has 0 fully saturated rings. The minimum atomic E-state index is -0.707. The second-order valence-electron chi connectivity index (χ2n) is 3.76. The van der Waals surface area contributed by atoms with Gasteiger partial charge in [0.25, 0.3) is 6.29 Å². The van der Waals surface area contributed by atoms with Crippen molar-refractivity contribution in [1.29, 1.82) is 0 Å². The Balaban J connectivity index is 2.03. The molecule has 1 aromatic rings. The molecule has 0 radical (unpaired) electrons. The number of esters is 2. The van der Waals surface area contributed by atoms with E-state index in [9.17, 15) is 9.59 Å². The van der Waals surface area contributed by atoms with Crippen LogP contribution in [0.25, 0.3) is 0 Å². The van der Waals surface area contributed by atoms with Crippen LogP contribution in [0.15, 0.2) is 35.9 Å². The van der Waals surface area contributed by atoms with E-state index in [4.69, 9.17) is 9.47 Å². The molecule has 1 aliphatic heterocycles. The zero-order valence-corrected chi connectivity index (χ0v) is 10.0. The number of benzene rings is 1. The van der Waals surface area contributed by atoms with Crippen molar-refractivity contribution < 1.29 is 23.8 Å². The molecule has 5 nitrogen and oxygen atoms in total. The highest BCUT2D eigenvalue weighted by Crippen LogP contribution is 2.19. The van der Waals surface area contributed by atoms with E-state index in [-0.39, 0.29) is 5.97 Å². The van der Waals surface area contributed by atoms with E-state index in [2.05, 4.69) is 4.74 Å². The molecule has 94 valence electrons. The molecule has 0 amide bonds. The highest BCUT2D eigenvalue weighted by molar-refractivity contribution is 5.90. The fraction of sp³-hybridized carbons (Fsp3) is 0.231. The lowest BCUT2D eigenvalue weighted by atomic mass is 10.2. The third kappa shape index (κ3) is 2.51. The van der Waals surface area contributed by atoms with Crippen LogP contribution in [0.5, 0.6) is 5.75 Å². The number of carbonyl (C=O) groups is 2. The van der Waals surface area contributed by atoms with Gasteiger partial charge in [-0.15, -0.1) is 0 Å². The fourth-order valence-corrected chi connectivity index (χ4v) is 1.48. The van der Waals surface area contributed by atoms with Gasteiger partial charge in [0.1, 0.15) is 5.75 Å². The fourth-order valence-electron chi connectivity index (χ4n) is 1.48.